The molecule has 4 heteroatoms. The minimum atomic E-state index is 0.730. The predicted octanol–water partition coefficient (Wildman–Crippen LogP) is 1.05. The Hall–Kier alpha value is -1.16. The average molecular weight is 218 g/mol. The number of piperidine rings is 2. The molecule has 0 saturated carbocycles. The second-order valence-corrected chi connectivity index (χ2v) is 4.75. The monoisotopic (exact) mass is 218 g/mol. The second-order valence-electron chi connectivity index (χ2n) is 4.75. The molecule has 2 aliphatic heterocycles. The van der Waals surface area contributed by atoms with Crippen molar-refractivity contribution < 1.29 is 0 Å². The van der Waals surface area contributed by atoms with Crippen LogP contribution in [0.25, 0.3) is 0 Å². The molecule has 4 nitrogen and oxygen atoms in total. The molecule has 2 atom stereocenters. The summed E-state index contributed by atoms with van der Waals surface area (Å²) in [5, 5.41) is 3.63. The van der Waals surface area contributed by atoms with Gasteiger partial charge in [0.2, 0.25) is 5.95 Å². The van der Waals surface area contributed by atoms with Crippen molar-refractivity contribution in [2.75, 3.05) is 24.5 Å². The number of hydrogen-bond acceptors (Lipinski definition) is 4. The summed E-state index contributed by atoms with van der Waals surface area (Å²) in [6.45, 7) is 3.39. The van der Waals surface area contributed by atoms with Crippen LogP contribution >= 0.6 is 0 Å². The highest BCUT2D eigenvalue weighted by molar-refractivity contribution is 5.29. The van der Waals surface area contributed by atoms with Gasteiger partial charge in [-0.05, 0) is 37.8 Å². The van der Waals surface area contributed by atoms with E-state index >= 15 is 0 Å². The lowest BCUT2D eigenvalue weighted by molar-refractivity contribution is 0.243. The Kier molecular flexibility index (Phi) is 2.74. The number of hydrogen-bond donors (Lipinski definition) is 1. The molecule has 3 heterocycles. The molecule has 1 N–H and O–H groups in total. The Bertz CT molecular complexity index is 340. The van der Waals surface area contributed by atoms with Crippen LogP contribution in [0.15, 0.2) is 18.5 Å². The van der Waals surface area contributed by atoms with Crippen molar-refractivity contribution in [2.45, 2.75) is 25.3 Å². The first kappa shape index (κ1) is 10.0. The van der Waals surface area contributed by atoms with E-state index in [-0.39, 0.29) is 0 Å². The maximum atomic E-state index is 4.33. The molecule has 0 radical (unpaired) electrons. The first-order chi connectivity index (χ1) is 7.93. The molecular weight excluding hydrogens is 200 g/mol. The van der Waals surface area contributed by atoms with Crippen LogP contribution in [-0.2, 0) is 0 Å². The van der Waals surface area contributed by atoms with Crippen molar-refractivity contribution in [3.63, 3.8) is 0 Å². The number of aromatic nitrogens is 2. The maximum absolute atomic E-state index is 4.33. The van der Waals surface area contributed by atoms with Crippen molar-refractivity contribution in [1.82, 2.24) is 15.3 Å². The van der Waals surface area contributed by atoms with Gasteiger partial charge in [0.25, 0.3) is 0 Å². The molecule has 0 amide bonds. The molecule has 0 bridgehead atoms. The fourth-order valence-electron chi connectivity index (χ4n) is 2.88. The van der Waals surface area contributed by atoms with E-state index < -0.39 is 0 Å². The van der Waals surface area contributed by atoms with Crippen molar-refractivity contribution in [3.8, 4) is 0 Å². The zero-order chi connectivity index (χ0) is 10.8. The molecule has 1 aromatic rings. The van der Waals surface area contributed by atoms with E-state index in [0.29, 0.717) is 0 Å². The Morgan fingerprint density at radius 2 is 2.12 bits per heavy atom. The van der Waals surface area contributed by atoms with Crippen LogP contribution in [0.4, 0.5) is 5.95 Å². The summed E-state index contributed by atoms with van der Waals surface area (Å²) in [6.07, 6.45) is 7.54. The zero-order valence-corrected chi connectivity index (χ0v) is 9.47. The molecule has 0 spiro atoms. The standard InChI is InChI=1S/C12H18N4/c1-3-10-9-16(8-4-11(10)13-5-1)12-14-6-2-7-15-12/h2,6-7,10-11,13H,1,3-5,8-9H2. The maximum Gasteiger partial charge on any atom is 0.225 e. The van der Waals surface area contributed by atoms with Gasteiger partial charge in [-0.1, -0.05) is 0 Å². The van der Waals surface area contributed by atoms with E-state index in [1.807, 2.05) is 18.5 Å². The topological polar surface area (TPSA) is 41.1 Å². The molecule has 2 fully saturated rings. The highest BCUT2D eigenvalue weighted by Crippen LogP contribution is 2.26. The first-order valence-corrected chi connectivity index (χ1v) is 6.19. The van der Waals surface area contributed by atoms with E-state index in [1.54, 1.807) is 0 Å². The quantitative estimate of drug-likeness (QED) is 0.765. The van der Waals surface area contributed by atoms with E-state index in [4.69, 9.17) is 0 Å². The van der Waals surface area contributed by atoms with Crippen LogP contribution in [0.2, 0.25) is 0 Å². The summed E-state index contributed by atoms with van der Waals surface area (Å²) in [5.41, 5.74) is 0. The normalized spacial score (nSPS) is 29.9. The molecule has 2 aliphatic rings. The van der Waals surface area contributed by atoms with E-state index in [9.17, 15) is 0 Å². The summed E-state index contributed by atoms with van der Waals surface area (Å²) in [5.74, 6) is 1.68. The lowest BCUT2D eigenvalue weighted by atomic mass is 9.85. The lowest BCUT2D eigenvalue weighted by Crippen LogP contribution is -2.52. The highest BCUT2D eigenvalue weighted by atomic mass is 15.3. The van der Waals surface area contributed by atoms with Gasteiger partial charge >= 0.3 is 0 Å². The first-order valence-electron chi connectivity index (χ1n) is 6.19. The summed E-state index contributed by atoms with van der Waals surface area (Å²) in [7, 11) is 0. The van der Waals surface area contributed by atoms with Crippen molar-refractivity contribution in [1.29, 1.82) is 0 Å². The highest BCUT2D eigenvalue weighted by Gasteiger charge is 2.31. The number of nitrogens with one attached hydrogen (secondary N) is 1. The molecule has 3 rings (SSSR count). The molecule has 0 aromatic carbocycles. The molecule has 1 aromatic heterocycles. The van der Waals surface area contributed by atoms with E-state index in [1.165, 1.54) is 25.8 Å². The van der Waals surface area contributed by atoms with Crippen molar-refractivity contribution in [2.24, 2.45) is 5.92 Å². The zero-order valence-electron chi connectivity index (χ0n) is 9.47. The summed E-state index contributed by atoms with van der Waals surface area (Å²) >= 11 is 0. The largest absolute Gasteiger partial charge is 0.340 e. The fourth-order valence-corrected chi connectivity index (χ4v) is 2.88. The predicted molar refractivity (Wildman–Crippen MR) is 63.4 cm³/mol. The van der Waals surface area contributed by atoms with E-state index in [0.717, 1.165) is 31.0 Å². The van der Waals surface area contributed by atoms with Crippen LogP contribution in [0, 0.1) is 5.92 Å². The molecule has 0 aliphatic carbocycles. The molecule has 2 unspecified atom stereocenters. The van der Waals surface area contributed by atoms with Gasteiger partial charge in [-0.2, -0.15) is 0 Å². The molecule has 86 valence electrons. The number of rotatable bonds is 1. The van der Waals surface area contributed by atoms with Crippen LogP contribution in [0.1, 0.15) is 19.3 Å². The minimum Gasteiger partial charge on any atom is -0.340 e. The summed E-state index contributed by atoms with van der Waals surface area (Å²) in [4.78, 5) is 11.0. The second kappa shape index (κ2) is 4.37. The van der Waals surface area contributed by atoms with Crippen molar-refractivity contribution >= 4 is 5.95 Å². The number of anilines is 1. The Morgan fingerprint density at radius 1 is 1.25 bits per heavy atom. The third kappa shape index (κ3) is 1.89. The molecular formula is C12H18N4. The fraction of sp³-hybridized carbons (Fsp3) is 0.667. The Balaban J connectivity index is 1.71. The third-order valence-corrected chi connectivity index (χ3v) is 3.73. The van der Waals surface area contributed by atoms with Crippen LogP contribution in [-0.4, -0.2) is 35.6 Å². The van der Waals surface area contributed by atoms with E-state index in [2.05, 4.69) is 20.2 Å². The summed E-state index contributed by atoms with van der Waals surface area (Å²) < 4.78 is 0. The van der Waals surface area contributed by atoms with Crippen LogP contribution in [0.5, 0.6) is 0 Å². The van der Waals surface area contributed by atoms with Gasteiger partial charge in [-0.15, -0.1) is 0 Å². The van der Waals surface area contributed by atoms with Gasteiger partial charge < -0.3 is 10.2 Å². The van der Waals surface area contributed by atoms with Gasteiger partial charge in [0.05, 0.1) is 0 Å². The third-order valence-electron chi connectivity index (χ3n) is 3.73. The van der Waals surface area contributed by atoms with Crippen LogP contribution in [0.3, 0.4) is 0 Å². The Labute approximate surface area is 96.1 Å². The Morgan fingerprint density at radius 3 is 3.00 bits per heavy atom. The summed E-state index contributed by atoms with van der Waals surface area (Å²) in [6, 6.07) is 2.60. The number of nitrogens with zero attached hydrogens (tertiary/aromatic N) is 3. The van der Waals surface area contributed by atoms with Gasteiger partial charge in [0.15, 0.2) is 0 Å². The van der Waals surface area contributed by atoms with Crippen LogP contribution < -0.4 is 10.2 Å². The van der Waals surface area contributed by atoms with Gasteiger partial charge in [0.1, 0.15) is 0 Å². The number of fused-ring (bicyclic) bond motifs is 1. The van der Waals surface area contributed by atoms with Crippen molar-refractivity contribution in [3.05, 3.63) is 18.5 Å². The molecule has 16 heavy (non-hydrogen) atoms. The SMILES string of the molecule is c1cnc(N2CCC3NCCCC3C2)nc1. The smallest absolute Gasteiger partial charge is 0.225 e. The average Bonchev–Trinajstić information content (AvgIpc) is 2.39. The van der Waals surface area contributed by atoms with Gasteiger partial charge in [-0.3, -0.25) is 0 Å². The van der Waals surface area contributed by atoms with Gasteiger partial charge in [0, 0.05) is 31.5 Å². The van der Waals surface area contributed by atoms with Gasteiger partial charge in [-0.25, -0.2) is 9.97 Å². The molecule has 2 saturated heterocycles. The lowest BCUT2D eigenvalue weighted by Gasteiger charge is -2.41. The minimum absolute atomic E-state index is 0.730.